The number of primary sulfonamides is 1. The summed E-state index contributed by atoms with van der Waals surface area (Å²) in [5.41, 5.74) is 0.275. The molecular weight excluding hydrogens is 412 g/mol. The lowest BCUT2D eigenvalue weighted by atomic mass is 9.97. The second kappa shape index (κ2) is 7.45. The average molecular weight is 426 g/mol. The van der Waals surface area contributed by atoms with Crippen LogP contribution in [0.2, 0.25) is 0 Å². The number of pyridine rings is 1. The predicted molar refractivity (Wildman–Crippen MR) is 97.9 cm³/mol. The van der Waals surface area contributed by atoms with Gasteiger partial charge in [0, 0.05) is 17.3 Å². The molecule has 0 aliphatic carbocycles. The molecule has 0 saturated heterocycles. The fraction of sp³-hybridized carbons (Fsp3) is 0.105. The first-order chi connectivity index (χ1) is 13.5. The largest absolute Gasteiger partial charge is 0.573 e. The maximum atomic E-state index is 14.7. The Morgan fingerprint density at radius 3 is 2.38 bits per heavy atom. The highest BCUT2D eigenvalue weighted by Gasteiger charge is 2.32. The van der Waals surface area contributed by atoms with Gasteiger partial charge in [-0.05, 0) is 42.3 Å². The van der Waals surface area contributed by atoms with Crippen molar-refractivity contribution in [2.45, 2.75) is 18.2 Å². The van der Waals surface area contributed by atoms with Crippen molar-refractivity contribution in [1.29, 1.82) is 0 Å². The van der Waals surface area contributed by atoms with E-state index in [1.165, 1.54) is 43.3 Å². The first-order valence-electron chi connectivity index (χ1n) is 8.11. The minimum atomic E-state index is -4.87. The standard InChI is InChI=1S/C19H14F4N2O3S/c1-11-10-12(6-7-15(11)28-19(21,22)23)17-14(20)8-9-25-18(17)13-4-2-3-5-16(13)29(24,26)27/h2-10H,1H3,(H2,24,26,27). The van der Waals surface area contributed by atoms with Crippen molar-refractivity contribution < 1.29 is 30.7 Å². The van der Waals surface area contributed by atoms with Crippen LogP contribution < -0.4 is 9.88 Å². The Morgan fingerprint density at radius 2 is 1.76 bits per heavy atom. The zero-order chi connectivity index (χ0) is 21.4. The van der Waals surface area contributed by atoms with E-state index in [1.807, 2.05) is 0 Å². The molecule has 29 heavy (non-hydrogen) atoms. The van der Waals surface area contributed by atoms with Crippen LogP contribution in [-0.4, -0.2) is 19.8 Å². The molecule has 2 aromatic carbocycles. The van der Waals surface area contributed by atoms with Crippen LogP contribution >= 0.6 is 0 Å². The minimum Gasteiger partial charge on any atom is -0.406 e. The van der Waals surface area contributed by atoms with Gasteiger partial charge < -0.3 is 4.74 Å². The normalized spacial score (nSPS) is 12.1. The van der Waals surface area contributed by atoms with Crippen LogP contribution in [0.3, 0.4) is 0 Å². The third kappa shape index (κ3) is 4.54. The van der Waals surface area contributed by atoms with Gasteiger partial charge in [0.2, 0.25) is 10.0 Å². The van der Waals surface area contributed by atoms with Crippen LogP contribution in [0.4, 0.5) is 17.6 Å². The molecule has 0 unspecified atom stereocenters. The third-order valence-corrected chi connectivity index (χ3v) is 5.01. The Balaban J connectivity index is 2.21. The number of halogens is 4. The molecule has 5 nitrogen and oxygen atoms in total. The predicted octanol–water partition coefficient (Wildman–Crippen LogP) is 4.41. The molecule has 0 fully saturated rings. The smallest absolute Gasteiger partial charge is 0.406 e. The molecule has 2 N–H and O–H groups in total. The summed E-state index contributed by atoms with van der Waals surface area (Å²) in [4.78, 5) is 3.84. The van der Waals surface area contributed by atoms with Crippen LogP contribution in [0.1, 0.15) is 5.56 Å². The Kier molecular flexibility index (Phi) is 5.33. The SMILES string of the molecule is Cc1cc(-c2c(F)ccnc2-c2ccccc2S(N)(=O)=O)ccc1OC(F)(F)F. The Bertz CT molecular complexity index is 1180. The maximum Gasteiger partial charge on any atom is 0.573 e. The summed E-state index contributed by atoms with van der Waals surface area (Å²) >= 11 is 0. The summed E-state index contributed by atoms with van der Waals surface area (Å²) in [5.74, 6) is -1.17. The van der Waals surface area contributed by atoms with Gasteiger partial charge in [0.1, 0.15) is 11.6 Å². The first kappa shape index (κ1) is 20.7. The summed E-state index contributed by atoms with van der Waals surface area (Å²) in [6.07, 6.45) is -3.71. The van der Waals surface area contributed by atoms with E-state index >= 15 is 0 Å². The van der Waals surface area contributed by atoms with E-state index in [0.29, 0.717) is 0 Å². The summed E-state index contributed by atoms with van der Waals surface area (Å²) in [6.45, 7) is 1.37. The number of rotatable bonds is 4. The second-order valence-corrected chi connectivity index (χ2v) is 7.62. The number of ether oxygens (including phenoxy) is 1. The van der Waals surface area contributed by atoms with Crippen LogP contribution in [0.15, 0.2) is 59.6 Å². The number of alkyl halides is 3. The van der Waals surface area contributed by atoms with Crippen LogP contribution in [0, 0.1) is 12.7 Å². The van der Waals surface area contributed by atoms with Gasteiger partial charge in [0.25, 0.3) is 0 Å². The first-order valence-corrected chi connectivity index (χ1v) is 9.65. The number of sulfonamides is 1. The molecule has 3 rings (SSSR count). The summed E-state index contributed by atoms with van der Waals surface area (Å²) < 4.78 is 80.0. The lowest BCUT2D eigenvalue weighted by molar-refractivity contribution is -0.274. The van der Waals surface area contributed by atoms with Crippen molar-refractivity contribution in [1.82, 2.24) is 4.98 Å². The van der Waals surface area contributed by atoms with E-state index in [0.717, 1.165) is 18.3 Å². The highest BCUT2D eigenvalue weighted by atomic mass is 32.2. The topological polar surface area (TPSA) is 82.3 Å². The van der Waals surface area contributed by atoms with Gasteiger partial charge in [0.05, 0.1) is 10.6 Å². The Labute approximate surface area is 163 Å². The lowest BCUT2D eigenvalue weighted by Gasteiger charge is -2.15. The van der Waals surface area contributed by atoms with Crippen molar-refractivity contribution in [2.24, 2.45) is 5.14 Å². The van der Waals surface area contributed by atoms with Crippen molar-refractivity contribution in [3.05, 3.63) is 66.1 Å². The number of nitrogens with zero attached hydrogens (tertiary/aromatic N) is 1. The van der Waals surface area contributed by atoms with Gasteiger partial charge in [-0.25, -0.2) is 17.9 Å². The molecule has 0 atom stereocenters. The summed E-state index contributed by atoms with van der Waals surface area (Å²) in [6, 6.07) is 10.3. The summed E-state index contributed by atoms with van der Waals surface area (Å²) in [7, 11) is -4.14. The van der Waals surface area contributed by atoms with Crippen LogP contribution in [0.25, 0.3) is 22.4 Å². The molecule has 1 aromatic heterocycles. The average Bonchev–Trinajstić information content (AvgIpc) is 2.61. The molecule has 0 amide bonds. The molecule has 0 bridgehead atoms. The Hall–Kier alpha value is -2.98. The van der Waals surface area contributed by atoms with Crippen LogP contribution in [-0.2, 0) is 10.0 Å². The van der Waals surface area contributed by atoms with Gasteiger partial charge in [-0.3, -0.25) is 4.98 Å². The molecule has 0 saturated carbocycles. The molecule has 0 aliphatic heterocycles. The molecule has 3 aromatic rings. The van der Waals surface area contributed by atoms with E-state index < -0.39 is 28.0 Å². The van der Waals surface area contributed by atoms with E-state index in [2.05, 4.69) is 9.72 Å². The lowest BCUT2D eigenvalue weighted by Crippen LogP contribution is -2.17. The molecule has 152 valence electrons. The summed E-state index contributed by atoms with van der Waals surface area (Å²) in [5, 5.41) is 5.25. The Morgan fingerprint density at radius 1 is 1.07 bits per heavy atom. The van der Waals surface area contributed by atoms with Crippen molar-refractivity contribution in [2.75, 3.05) is 0 Å². The minimum absolute atomic E-state index is 0.0153. The number of nitrogens with two attached hydrogens (primary N) is 1. The van der Waals surface area contributed by atoms with E-state index in [4.69, 9.17) is 5.14 Å². The highest BCUT2D eigenvalue weighted by molar-refractivity contribution is 7.89. The number of aryl methyl sites for hydroxylation is 1. The fourth-order valence-corrected chi connectivity index (χ4v) is 3.61. The second-order valence-electron chi connectivity index (χ2n) is 6.09. The van der Waals surface area contributed by atoms with Gasteiger partial charge in [-0.2, -0.15) is 0 Å². The number of hydrogen-bond acceptors (Lipinski definition) is 4. The molecule has 1 heterocycles. The monoisotopic (exact) mass is 426 g/mol. The van der Waals surface area contributed by atoms with Gasteiger partial charge in [-0.15, -0.1) is 13.2 Å². The van der Waals surface area contributed by atoms with Crippen molar-refractivity contribution in [3.63, 3.8) is 0 Å². The number of benzene rings is 2. The zero-order valence-electron chi connectivity index (χ0n) is 14.9. The number of hydrogen-bond donors (Lipinski definition) is 1. The zero-order valence-corrected chi connectivity index (χ0v) is 15.7. The van der Waals surface area contributed by atoms with Gasteiger partial charge in [-0.1, -0.05) is 24.3 Å². The van der Waals surface area contributed by atoms with Gasteiger partial charge in [0.15, 0.2) is 0 Å². The van der Waals surface area contributed by atoms with Crippen LogP contribution in [0.5, 0.6) is 5.75 Å². The quantitative estimate of drug-likeness (QED) is 0.627. The van der Waals surface area contributed by atoms with Crippen molar-refractivity contribution in [3.8, 4) is 28.1 Å². The van der Waals surface area contributed by atoms with Gasteiger partial charge >= 0.3 is 6.36 Å². The van der Waals surface area contributed by atoms with E-state index in [1.54, 1.807) is 0 Å². The fourth-order valence-electron chi connectivity index (χ4n) is 2.87. The third-order valence-electron chi connectivity index (χ3n) is 4.04. The van der Waals surface area contributed by atoms with Crippen molar-refractivity contribution >= 4 is 10.0 Å². The van der Waals surface area contributed by atoms with E-state index in [-0.39, 0.29) is 32.8 Å². The molecule has 0 aliphatic rings. The van der Waals surface area contributed by atoms with E-state index in [9.17, 15) is 26.0 Å². The highest BCUT2D eigenvalue weighted by Crippen LogP contribution is 2.37. The molecule has 0 radical (unpaired) electrons. The molecule has 0 spiro atoms. The molecular formula is C19H14F4N2O3S. The number of aromatic nitrogens is 1. The molecule has 10 heteroatoms. The maximum absolute atomic E-state index is 14.7.